The van der Waals surface area contributed by atoms with Crippen LogP contribution in [-0.2, 0) is 4.79 Å². The zero-order valence-electron chi connectivity index (χ0n) is 9.93. The number of carbonyl (C=O) groups is 2. The fourth-order valence-corrected chi connectivity index (χ4v) is 2.60. The second kappa shape index (κ2) is 4.51. The lowest BCUT2D eigenvalue weighted by Gasteiger charge is -2.17. The van der Waals surface area contributed by atoms with Gasteiger partial charge in [-0.1, -0.05) is 35.3 Å². The van der Waals surface area contributed by atoms with Crippen LogP contribution in [0.5, 0.6) is 5.75 Å². The monoisotopic (exact) mass is 307 g/mol. The highest BCUT2D eigenvalue weighted by molar-refractivity contribution is 6.53. The van der Waals surface area contributed by atoms with Gasteiger partial charge in [-0.15, -0.1) is 0 Å². The van der Waals surface area contributed by atoms with E-state index in [1.807, 2.05) is 0 Å². The molecule has 0 spiro atoms. The third-order valence-electron chi connectivity index (χ3n) is 3.05. The van der Waals surface area contributed by atoms with E-state index in [1.165, 1.54) is 17.0 Å². The Hall–Kier alpha value is -2.04. The molecule has 1 heterocycles. The van der Waals surface area contributed by atoms with Crippen molar-refractivity contribution in [2.24, 2.45) is 0 Å². The van der Waals surface area contributed by atoms with E-state index in [4.69, 9.17) is 23.2 Å². The molecule has 0 aromatic heterocycles. The van der Waals surface area contributed by atoms with Crippen molar-refractivity contribution in [2.45, 2.75) is 0 Å². The van der Waals surface area contributed by atoms with E-state index in [-0.39, 0.29) is 15.8 Å². The molecule has 0 bridgehead atoms. The van der Waals surface area contributed by atoms with E-state index < -0.39 is 11.7 Å². The standard InChI is InChI=1S/C14H7Cl2NO3/c15-9-5-7(6-10(16)13(9)19)17-11-4-2-1-3-8(11)12(18)14(17)20/h1-6,19H. The molecular formula is C14H7Cl2NO3. The summed E-state index contributed by atoms with van der Waals surface area (Å²) in [5, 5.41) is 9.57. The number of Topliss-reactive ketones (excluding diaryl/α,β-unsaturated/α-hetero) is 1. The molecule has 2 aromatic rings. The fraction of sp³-hybridized carbons (Fsp3) is 0. The number of para-hydroxylation sites is 1. The molecule has 3 rings (SSSR count). The second-order valence-corrected chi connectivity index (χ2v) is 5.06. The van der Waals surface area contributed by atoms with E-state index >= 15 is 0 Å². The van der Waals surface area contributed by atoms with Crippen LogP contribution in [0.3, 0.4) is 0 Å². The van der Waals surface area contributed by atoms with E-state index in [0.717, 1.165) is 0 Å². The zero-order chi connectivity index (χ0) is 14.4. The Bertz CT molecular complexity index is 735. The minimum Gasteiger partial charge on any atom is -0.505 e. The number of fused-ring (bicyclic) bond motifs is 1. The molecule has 4 nitrogen and oxygen atoms in total. The zero-order valence-corrected chi connectivity index (χ0v) is 11.4. The van der Waals surface area contributed by atoms with Crippen LogP contribution < -0.4 is 4.90 Å². The Balaban J connectivity index is 2.21. The van der Waals surface area contributed by atoms with Gasteiger partial charge in [0.1, 0.15) is 0 Å². The molecule has 0 saturated carbocycles. The van der Waals surface area contributed by atoms with Gasteiger partial charge in [-0.05, 0) is 24.3 Å². The normalized spacial score (nSPS) is 13.8. The molecule has 1 aliphatic rings. The van der Waals surface area contributed by atoms with Gasteiger partial charge in [0, 0.05) is 0 Å². The Morgan fingerprint density at radius 1 is 1.00 bits per heavy atom. The number of hydrogen-bond donors (Lipinski definition) is 1. The topological polar surface area (TPSA) is 57.6 Å². The van der Waals surface area contributed by atoms with Crippen LogP contribution in [0.2, 0.25) is 10.0 Å². The first-order valence-electron chi connectivity index (χ1n) is 5.66. The van der Waals surface area contributed by atoms with Crippen LogP contribution in [0.15, 0.2) is 36.4 Å². The van der Waals surface area contributed by atoms with Gasteiger partial charge < -0.3 is 5.11 Å². The van der Waals surface area contributed by atoms with Crippen molar-refractivity contribution in [3.63, 3.8) is 0 Å². The number of benzene rings is 2. The number of hydrogen-bond acceptors (Lipinski definition) is 3. The predicted octanol–water partition coefficient (Wildman–Crippen LogP) is 3.56. The maximum absolute atomic E-state index is 12.1. The number of amides is 1. The van der Waals surface area contributed by atoms with Crippen LogP contribution in [0.1, 0.15) is 10.4 Å². The van der Waals surface area contributed by atoms with Crippen LogP contribution >= 0.6 is 23.2 Å². The molecule has 0 aliphatic carbocycles. The molecule has 100 valence electrons. The highest BCUT2D eigenvalue weighted by atomic mass is 35.5. The Labute approximate surface area is 124 Å². The summed E-state index contributed by atoms with van der Waals surface area (Å²) in [5.41, 5.74) is 1.14. The van der Waals surface area contributed by atoms with Crippen LogP contribution in [0.25, 0.3) is 0 Å². The minimum absolute atomic E-state index is 0.0112. The molecule has 0 unspecified atom stereocenters. The lowest BCUT2D eigenvalue weighted by molar-refractivity contribution is -0.113. The first-order chi connectivity index (χ1) is 9.50. The van der Waals surface area contributed by atoms with Crippen molar-refractivity contribution < 1.29 is 14.7 Å². The molecule has 0 saturated heterocycles. The highest BCUT2D eigenvalue weighted by Gasteiger charge is 2.36. The average Bonchev–Trinajstić information content (AvgIpc) is 2.68. The number of phenolic OH excluding ortho intramolecular Hbond substituents is 1. The summed E-state index contributed by atoms with van der Waals surface area (Å²) in [6.07, 6.45) is 0. The molecule has 2 aromatic carbocycles. The number of rotatable bonds is 1. The van der Waals surface area contributed by atoms with Crippen molar-refractivity contribution >= 4 is 46.3 Å². The van der Waals surface area contributed by atoms with E-state index in [1.54, 1.807) is 24.3 Å². The number of halogens is 2. The van der Waals surface area contributed by atoms with Gasteiger partial charge in [0.05, 0.1) is 27.0 Å². The Morgan fingerprint density at radius 3 is 2.25 bits per heavy atom. The third kappa shape index (κ3) is 1.77. The predicted molar refractivity (Wildman–Crippen MR) is 76.0 cm³/mol. The molecule has 0 fully saturated rings. The quantitative estimate of drug-likeness (QED) is 0.820. The van der Waals surface area contributed by atoms with Gasteiger partial charge in [-0.3, -0.25) is 14.5 Å². The van der Waals surface area contributed by atoms with Gasteiger partial charge in [0.25, 0.3) is 5.78 Å². The van der Waals surface area contributed by atoms with Crippen LogP contribution in [-0.4, -0.2) is 16.8 Å². The molecule has 0 atom stereocenters. The van der Waals surface area contributed by atoms with Gasteiger partial charge in [-0.25, -0.2) is 0 Å². The number of phenols is 1. The van der Waals surface area contributed by atoms with Gasteiger partial charge in [0.2, 0.25) is 0 Å². The summed E-state index contributed by atoms with van der Waals surface area (Å²) in [7, 11) is 0. The maximum Gasteiger partial charge on any atom is 0.304 e. The summed E-state index contributed by atoms with van der Waals surface area (Å²) in [5.74, 6) is -1.52. The van der Waals surface area contributed by atoms with Crippen molar-refractivity contribution in [1.29, 1.82) is 0 Å². The van der Waals surface area contributed by atoms with Gasteiger partial charge >= 0.3 is 5.91 Å². The Morgan fingerprint density at radius 2 is 1.60 bits per heavy atom. The highest BCUT2D eigenvalue weighted by Crippen LogP contribution is 2.41. The summed E-state index contributed by atoms with van der Waals surface area (Å²) in [6, 6.07) is 9.42. The molecular weight excluding hydrogens is 301 g/mol. The summed E-state index contributed by atoms with van der Waals surface area (Å²) >= 11 is 11.7. The lowest BCUT2D eigenvalue weighted by atomic mass is 10.1. The lowest BCUT2D eigenvalue weighted by Crippen LogP contribution is -2.24. The van der Waals surface area contributed by atoms with Gasteiger partial charge in [-0.2, -0.15) is 0 Å². The second-order valence-electron chi connectivity index (χ2n) is 4.24. The largest absolute Gasteiger partial charge is 0.505 e. The molecule has 20 heavy (non-hydrogen) atoms. The summed E-state index contributed by atoms with van der Waals surface area (Å²) in [6.45, 7) is 0. The number of carbonyl (C=O) groups excluding carboxylic acids is 2. The molecule has 1 aliphatic heterocycles. The SMILES string of the molecule is O=C1C(=O)N(c2cc(Cl)c(O)c(Cl)c2)c2ccccc21. The smallest absolute Gasteiger partial charge is 0.304 e. The first-order valence-corrected chi connectivity index (χ1v) is 6.42. The van der Waals surface area contributed by atoms with Crippen LogP contribution in [0, 0.1) is 0 Å². The van der Waals surface area contributed by atoms with E-state index in [2.05, 4.69) is 0 Å². The molecule has 6 heteroatoms. The number of ketones is 1. The first kappa shape index (κ1) is 13.0. The van der Waals surface area contributed by atoms with Crippen molar-refractivity contribution in [1.82, 2.24) is 0 Å². The van der Waals surface area contributed by atoms with Crippen LogP contribution in [0.4, 0.5) is 11.4 Å². The van der Waals surface area contributed by atoms with E-state index in [9.17, 15) is 14.7 Å². The number of nitrogens with zero attached hydrogens (tertiary/aromatic N) is 1. The summed E-state index contributed by atoms with van der Waals surface area (Å²) in [4.78, 5) is 25.2. The van der Waals surface area contributed by atoms with Crippen molar-refractivity contribution in [3.05, 3.63) is 52.0 Å². The number of aromatic hydroxyl groups is 1. The molecule has 0 radical (unpaired) electrons. The van der Waals surface area contributed by atoms with Crippen molar-refractivity contribution in [3.8, 4) is 5.75 Å². The maximum atomic E-state index is 12.1. The fourth-order valence-electron chi connectivity index (χ4n) is 2.12. The van der Waals surface area contributed by atoms with Crippen molar-refractivity contribution in [2.75, 3.05) is 4.90 Å². The minimum atomic E-state index is -0.677. The van der Waals surface area contributed by atoms with Gasteiger partial charge in [0.15, 0.2) is 5.75 Å². The average molecular weight is 308 g/mol. The third-order valence-corrected chi connectivity index (χ3v) is 3.62. The molecule has 1 amide bonds. The van der Waals surface area contributed by atoms with E-state index in [0.29, 0.717) is 16.9 Å². The number of anilines is 2. The summed E-state index contributed by atoms with van der Waals surface area (Å²) < 4.78 is 0. The Kier molecular flexibility index (Phi) is 2.92. The molecule has 1 N–H and O–H groups in total.